The number of hydrogen-bond acceptors (Lipinski definition) is 5. The zero-order valence-electron chi connectivity index (χ0n) is 12.1. The molecule has 0 saturated carbocycles. The van der Waals surface area contributed by atoms with E-state index in [2.05, 4.69) is 9.71 Å². The highest BCUT2D eigenvalue weighted by atomic mass is 32.2. The highest BCUT2D eigenvalue weighted by molar-refractivity contribution is 7.91. The number of amides is 1. The van der Waals surface area contributed by atoms with Crippen molar-refractivity contribution in [1.29, 1.82) is 0 Å². The van der Waals surface area contributed by atoms with Crippen molar-refractivity contribution in [2.24, 2.45) is 0 Å². The molecule has 1 N–H and O–H groups in total. The second-order valence-electron chi connectivity index (χ2n) is 4.59. The molecule has 0 saturated heterocycles. The lowest BCUT2D eigenvalue weighted by Gasteiger charge is -2.20. The number of hydrogen-bond donors (Lipinski definition) is 1. The Balaban J connectivity index is 1.91. The molecule has 8 heteroatoms. The minimum atomic E-state index is -3.50. The summed E-state index contributed by atoms with van der Waals surface area (Å²) in [6, 6.07) is 8.70. The number of aromatic nitrogens is 1. The largest absolute Gasteiger partial charge is 0.336 e. The molecule has 0 atom stereocenters. The van der Waals surface area contributed by atoms with Crippen LogP contribution in [0, 0.1) is 0 Å². The SMILES string of the molecule is CC(=O)N(CCNS(=O)(=O)c1cccs1)Cc1ccccn1. The van der Waals surface area contributed by atoms with Gasteiger partial charge in [0.1, 0.15) is 4.21 Å². The van der Waals surface area contributed by atoms with Crippen molar-refractivity contribution in [3.8, 4) is 0 Å². The summed E-state index contributed by atoms with van der Waals surface area (Å²) in [5, 5.41) is 1.71. The van der Waals surface area contributed by atoms with Crippen molar-refractivity contribution in [3.63, 3.8) is 0 Å². The van der Waals surface area contributed by atoms with E-state index in [1.165, 1.54) is 6.92 Å². The number of carbonyl (C=O) groups excluding carboxylic acids is 1. The number of thiophene rings is 1. The van der Waals surface area contributed by atoms with Gasteiger partial charge < -0.3 is 4.90 Å². The first-order chi connectivity index (χ1) is 10.5. The van der Waals surface area contributed by atoms with Gasteiger partial charge in [-0.15, -0.1) is 11.3 Å². The molecule has 6 nitrogen and oxygen atoms in total. The van der Waals surface area contributed by atoms with Crippen LogP contribution in [0.5, 0.6) is 0 Å². The minimum absolute atomic E-state index is 0.124. The fraction of sp³-hybridized carbons (Fsp3) is 0.286. The molecule has 118 valence electrons. The Hall–Kier alpha value is -1.77. The molecule has 2 rings (SSSR count). The molecule has 0 spiro atoms. The van der Waals surface area contributed by atoms with E-state index >= 15 is 0 Å². The molecule has 1 amide bonds. The highest BCUT2D eigenvalue weighted by Gasteiger charge is 2.16. The number of pyridine rings is 1. The number of sulfonamides is 1. The fourth-order valence-electron chi connectivity index (χ4n) is 1.84. The van der Waals surface area contributed by atoms with Crippen LogP contribution in [-0.2, 0) is 21.4 Å². The van der Waals surface area contributed by atoms with Crippen LogP contribution < -0.4 is 4.72 Å². The smallest absolute Gasteiger partial charge is 0.250 e. The molecular formula is C14H17N3O3S2. The molecule has 0 aliphatic carbocycles. The zero-order valence-corrected chi connectivity index (χ0v) is 13.7. The number of nitrogens with one attached hydrogen (secondary N) is 1. The van der Waals surface area contributed by atoms with Crippen molar-refractivity contribution in [2.75, 3.05) is 13.1 Å². The second-order valence-corrected chi connectivity index (χ2v) is 7.53. The fourth-order valence-corrected chi connectivity index (χ4v) is 3.90. The monoisotopic (exact) mass is 339 g/mol. The molecule has 0 unspecified atom stereocenters. The molecule has 2 heterocycles. The summed E-state index contributed by atoms with van der Waals surface area (Å²) in [6.07, 6.45) is 1.66. The Labute approximate surface area is 133 Å². The van der Waals surface area contributed by atoms with Crippen molar-refractivity contribution in [2.45, 2.75) is 17.7 Å². The third kappa shape index (κ3) is 4.62. The van der Waals surface area contributed by atoms with E-state index in [4.69, 9.17) is 0 Å². The molecular weight excluding hydrogens is 322 g/mol. The number of rotatable bonds is 7. The Morgan fingerprint density at radius 3 is 2.73 bits per heavy atom. The van der Waals surface area contributed by atoms with Crippen molar-refractivity contribution >= 4 is 27.3 Å². The van der Waals surface area contributed by atoms with Gasteiger partial charge in [0, 0.05) is 26.2 Å². The van der Waals surface area contributed by atoms with E-state index in [1.807, 2.05) is 12.1 Å². The van der Waals surface area contributed by atoms with Gasteiger partial charge in [0.2, 0.25) is 15.9 Å². The Bertz CT molecular complexity index is 700. The number of nitrogens with zero attached hydrogens (tertiary/aromatic N) is 2. The lowest BCUT2D eigenvalue weighted by molar-refractivity contribution is -0.129. The molecule has 2 aromatic heterocycles. The maximum absolute atomic E-state index is 12.0. The Kier molecular flexibility index (Phi) is 5.64. The summed E-state index contributed by atoms with van der Waals surface area (Å²) >= 11 is 1.16. The van der Waals surface area contributed by atoms with Gasteiger partial charge in [-0.2, -0.15) is 0 Å². The quantitative estimate of drug-likeness (QED) is 0.828. The first kappa shape index (κ1) is 16.6. The minimum Gasteiger partial charge on any atom is -0.336 e. The molecule has 0 aliphatic rings. The van der Waals surface area contributed by atoms with Crippen LogP contribution in [-0.4, -0.2) is 37.3 Å². The molecule has 0 aliphatic heterocycles. The van der Waals surface area contributed by atoms with Gasteiger partial charge >= 0.3 is 0 Å². The maximum Gasteiger partial charge on any atom is 0.250 e. The van der Waals surface area contributed by atoms with E-state index in [9.17, 15) is 13.2 Å². The van der Waals surface area contributed by atoms with E-state index in [0.29, 0.717) is 6.54 Å². The van der Waals surface area contributed by atoms with E-state index in [1.54, 1.807) is 34.7 Å². The third-order valence-electron chi connectivity index (χ3n) is 2.96. The number of carbonyl (C=O) groups is 1. The molecule has 0 fully saturated rings. The van der Waals surface area contributed by atoms with Crippen LogP contribution >= 0.6 is 11.3 Å². The van der Waals surface area contributed by atoms with Gasteiger partial charge in [-0.05, 0) is 23.6 Å². The predicted molar refractivity (Wildman–Crippen MR) is 84.8 cm³/mol. The molecule has 0 radical (unpaired) electrons. The summed E-state index contributed by atoms with van der Waals surface area (Å²) in [6.45, 7) is 2.26. The zero-order chi connectivity index (χ0) is 16.0. The van der Waals surface area contributed by atoms with Crippen LogP contribution in [0.4, 0.5) is 0 Å². The normalized spacial score (nSPS) is 11.3. The standard InChI is InChI=1S/C14H17N3O3S2/c1-12(18)17(11-13-5-2-3-7-15-13)9-8-16-22(19,20)14-6-4-10-21-14/h2-7,10,16H,8-9,11H2,1H3. The summed E-state index contributed by atoms with van der Waals surface area (Å²) < 4.78 is 26.7. The highest BCUT2D eigenvalue weighted by Crippen LogP contribution is 2.14. The lowest BCUT2D eigenvalue weighted by atomic mass is 10.3. The van der Waals surface area contributed by atoms with Crippen LogP contribution in [0.2, 0.25) is 0 Å². The second kappa shape index (κ2) is 7.48. The summed E-state index contributed by atoms with van der Waals surface area (Å²) in [5.74, 6) is -0.124. The Morgan fingerprint density at radius 2 is 2.14 bits per heavy atom. The average Bonchev–Trinajstić information content (AvgIpc) is 3.02. The van der Waals surface area contributed by atoms with Crippen molar-refractivity contribution < 1.29 is 13.2 Å². The lowest BCUT2D eigenvalue weighted by Crippen LogP contribution is -2.37. The van der Waals surface area contributed by atoms with Gasteiger partial charge in [-0.1, -0.05) is 12.1 Å². The van der Waals surface area contributed by atoms with Gasteiger partial charge in [0.15, 0.2) is 0 Å². The maximum atomic E-state index is 12.0. The van der Waals surface area contributed by atoms with Crippen LogP contribution in [0.25, 0.3) is 0 Å². The van der Waals surface area contributed by atoms with E-state index in [0.717, 1.165) is 17.0 Å². The van der Waals surface area contributed by atoms with Crippen molar-refractivity contribution in [3.05, 3.63) is 47.6 Å². The first-order valence-corrected chi connectivity index (χ1v) is 9.04. The van der Waals surface area contributed by atoms with Crippen LogP contribution in [0.1, 0.15) is 12.6 Å². The average molecular weight is 339 g/mol. The van der Waals surface area contributed by atoms with Crippen LogP contribution in [0.3, 0.4) is 0 Å². The third-order valence-corrected chi connectivity index (χ3v) is 5.82. The molecule has 0 bridgehead atoms. The van der Waals surface area contributed by atoms with Crippen molar-refractivity contribution in [1.82, 2.24) is 14.6 Å². The molecule has 22 heavy (non-hydrogen) atoms. The molecule has 2 aromatic rings. The van der Waals surface area contributed by atoms with Gasteiger partial charge in [0.05, 0.1) is 12.2 Å². The van der Waals surface area contributed by atoms with Crippen LogP contribution in [0.15, 0.2) is 46.1 Å². The van der Waals surface area contributed by atoms with E-state index < -0.39 is 10.0 Å². The summed E-state index contributed by atoms with van der Waals surface area (Å²) in [7, 11) is -3.50. The topological polar surface area (TPSA) is 79.4 Å². The predicted octanol–water partition coefficient (Wildman–Crippen LogP) is 1.47. The summed E-state index contributed by atoms with van der Waals surface area (Å²) in [4.78, 5) is 17.4. The van der Waals surface area contributed by atoms with E-state index in [-0.39, 0.29) is 23.2 Å². The Morgan fingerprint density at radius 1 is 1.32 bits per heavy atom. The first-order valence-electron chi connectivity index (χ1n) is 6.67. The van der Waals surface area contributed by atoms with Gasteiger partial charge in [-0.3, -0.25) is 9.78 Å². The van der Waals surface area contributed by atoms with Gasteiger partial charge in [-0.25, -0.2) is 13.1 Å². The summed E-state index contributed by atoms with van der Waals surface area (Å²) in [5.41, 5.74) is 0.763. The van der Waals surface area contributed by atoms with Gasteiger partial charge in [0.25, 0.3) is 0 Å². The molecule has 0 aromatic carbocycles.